The SMILES string of the molecule is Cc1ccc(N(c2ccc(-c3ccc4ccccc4c3)cc2)c2ccc3c(c2)c2ccccc2c2c(-c4ccccc4)cc(-c4ccccc4)c(-c4ccccc4)c32)cc1.Cc1ccc(N(c2ccc(-c3cccc4ccccc34)cc2)c2ccc3c(c2)c2ccccc2c2c(-c4ccccc4)cc(-c4ccccc4)c(-c4ccccc4)c32)cc1. The number of nitrogens with zero attached hydrogens (tertiary/aromatic N) is 2. The Kier molecular flexibility index (Phi) is 18.8. The topological polar surface area (TPSA) is 6.48 Å². The summed E-state index contributed by atoms with van der Waals surface area (Å²) >= 11 is 0. The van der Waals surface area contributed by atoms with Crippen molar-refractivity contribution in [3.63, 3.8) is 0 Å². The Morgan fingerprint density at radius 2 is 0.442 bits per heavy atom. The molecule has 0 aliphatic carbocycles. The Labute approximate surface area is 700 Å². The van der Waals surface area contributed by atoms with Gasteiger partial charge in [0.25, 0.3) is 0 Å². The van der Waals surface area contributed by atoms with E-state index in [1.165, 1.54) is 186 Å². The molecule has 0 saturated carbocycles. The van der Waals surface area contributed by atoms with Crippen molar-refractivity contribution in [3.8, 4) is 89.0 Å². The van der Waals surface area contributed by atoms with E-state index < -0.39 is 0 Å². The van der Waals surface area contributed by atoms with Gasteiger partial charge >= 0.3 is 0 Å². The molecule has 0 aliphatic rings. The van der Waals surface area contributed by atoms with Gasteiger partial charge in [-0.15, -0.1) is 0 Å². The van der Waals surface area contributed by atoms with Crippen LogP contribution < -0.4 is 9.80 Å². The largest absolute Gasteiger partial charge is 0.310 e. The van der Waals surface area contributed by atoms with Gasteiger partial charge in [0.2, 0.25) is 0 Å². The van der Waals surface area contributed by atoms with Gasteiger partial charge in [0.05, 0.1) is 0 Å². The molecular weight excluding hydrogens is 1450 g/mol. The third kappa shape index (κ3) is 13.3. The summed E-state index contributed by atoms with van der Waals surface area (Å²) in [6.07, 6.45) is 0. The van der Waals surface area contributed by atoms with E-state index in [1.807, 2.05) is 0 Å². The number of fused-ring (bicyclic) bond motifs is 14. The third-order valence-corrected chi connectivity index (χ3v) is 24.2. The lowest BCUT2D eigenvalue weighted by atomic mass is 9.81. The fourth-order valence-corrected chi connectivity index (χ4v) is 18.5. The maximum absolute atomic E-state index is 2.43. The van der Waals surface area contributed by atoms with Gasteiger partial charge in [0.15, 0.2) is 0 Å². The predicted molar refractivity (Wildman–Crippen MR) is 515 cm³/mol. The monoisotopic (exact) mass is 1530 g/mol. The maximum Gasteiger partial charge on any atom is 0.0468 e. The van der Waals surface area contributed by atoms with Gasteiger partial charge in [-0.1, -0.05) is 381 Å². The number of rotatable bonds is 14. The van der Waals surface area contributed by atoms with Gasteiger partial charge in [-0.3, -0.25) is 0 Å². The molecule has 0 radical (unpaired) electrons. The number of anilines is 6. The van der Waals surface area contributed by atoms with E-state index in [2.05, 4.69) is 485 Å². The van der Waals surface area contributed by atoms with Gasteiger partial charge in [0.1, 0.15) is 0 Å². The van der Waals surface area contributed by atoms with Crippen LogP contribution in [0, 0.1) is 13.8 Å². The highest BCUT2D eigenvalue weighted by Gasteiger charge is 2.27. The van der Waals surface area contributed by atoms with Crippen LogP contribution in [-0.2, 0) is 0 Å². The Bertz CT molecular complexity index is 7570. The average Bonchev–Trinajstić information content (AvgIpc) is 0.712. The molecule has 0 N–H and O–H groups in total. The molecule has 0 aliphatic heterocycles. The van der Waals surface area contributed by atoms with Crippen LogP contribution in [0.3, 0.4) is 0 Å². The minimum atomic E-state index is 1.11. The van der Waals surface area contributed by atoms with Crippen LogP contribution in [0.5, 0.6) is 0 Å². The quantitative estimate of drug-likeness (QED) is 0.100. The molecule has 0 spiro atoms. The molecule has 0 atom stereocenters. The predicted octanol–water partition coefficient (Wildman–Crippen LogP) is 33.5. The zero-order chi connectivity index (χ0) is 80.0. The zero-order valence-electron chi connectivity index (χ0n) is 66.8. The molecule has 0 saturated heterocycles. The van der Waals surface area contributed by atoms with Gasteiger partial charge < -0.3 is 9.80 Å². The van der Waals surface area contributed by atoms with Crippen molar-refractivity contribution < 1.29 is 0 Å². The summed E-state index contributed by atoms with van der Waals surface area (Å²) in [5, 5.41) is 20.0. The van der Waals surface area contributed by atoms with Gasteiger partial charge in [0, 0.05) is 34.1 Å². The molecule has 0 aromatic heterocycles. The Hall–Kier alpha value is -15.5. The first-order valence-electron chi connectivity index (χ1n) is 41.5. The minimum Gasteiger partial charge on any atom is -0.310 e. The first kappa shape index (κ1) is 72.2. The van der Waals surface area contributed by atoms with Crippen molar-refractivity contribution in [3.05, 3.63) is 472 Å². The number of hydrogen-bond acceptors (Lipinski definition) is 2. The second-order valence-electron chi connectivity index (χ2n) is 31.5. The summed E-state index contributed by atoms with van der Waals surface area (Å²) in [4.78, 5) is 4.80. The molecule has 0 heterocycles. The van der Waals surface area contributed by atoms with Gasteiger partial charge in [-0.2, -0.15) is 0 Å². The third-order valence-electron chi connectivity index (χ3n) is 24.2. The van der Waals surface area contributed by atoms with Crippen molar-refractivity contribution in [1.82, 2.24) is 0 Å². The minimum absolute atomic E-state index is 1.11. The Balaban J connectivity index is 0.000000148. The molecule has 0 unspecified atom stereocenters. The smallest absolute Gasteiger partial charge is 0.0468 e. The van der Waals surface area contributed by atoms with E-state index >= 15 is 0 Å². The zero-order valence-corrected chi connectivity index (χ0v) is 66.8. The van der Waals surface area contributed by atoms with E-state index in [0.717, 1.165) is 34.1 Å². The van der Waals surface area contributed by atoms with Crippen LogP contribution in [-0.4, -0.2) is 0 Å². The van der Waals surface area contributed by atoms with Crippen LogP contribution in [0.1, 0.15) is 11.1 Å². The maximum atomic E-state index is 2.43. The second-order valence-corrected chi connectivity index (χ2v) is 31.5. The van der Waals surface area contributed by atoms with Gasteiger partial charge in [-0.05, 0) is 280 Å². The van der Waals surface area contributed by atoms with E-state index in [4.69, 9.17) is 0 Å². The van der Waals surface area contributed by atoms with Crippen LogP contribution >= 0.6 is 0 Å². The number of benzene rings is 22. The fourth-order valence-electron chi connectivity index (χ4n) is 18.5. The van der Waals surface area contributed by atoms with Crippen LogP contribution in [0.25, 0.3) is 175 Å². The van der Waals surface area contributed by atoms with Crippen molar-refractivity contribution in [1.29, 1.82) is 0 Å². The van der Waals surface area contributed by atoms with Gasteiger partial charge in [-0.25, -0.2) is 0 Å². The van der Waals surface area contributed by atoms with Crippen molar-refractivity contribution in [2.75, 3.05) is 9.80 Å². The van der Waals surface area contributed by atoms with E-state index in [1.54, 1.807) is 0 Å². The Morgan fingerprint density at radius 3 is 0.867 bits per heavy atom. The normalized spacial score (nSPS) is 11.4. The van der Waals surface area contributed by atoms with Crippen molar-refractivity contribution >= 4 is 120 Å². The van der Waals surface area contributed by atoms with E-state index in [0.29, 0.717) is 0 Å². The molecule has 120 heavy (non-hydrogen) atoms. The molecule has 0 fully saturated rings. The lowest BCUT2D eigenvalue weighted by Crippen LogP contribution is -2.10. The molecule has 22 rings (SSSR count). The summed E-state index contributed by atoms with van der Waals surface area (Å²) in [6.45, 7) is 4.30. The second kappa shape index (κ2) is 31.3. The Morgan fingerprint density at radius 1 is 0.142 bits per heavy atom. The molecule has 22 aromatic rings. The summed E-state index contributed by atoms with van der Waals surface area (Å²) in [6, 6.07) is 169. The summed E-state index contributed by atoms with van der Waals surface area (Å²) in [7, 11) is 0. The van der Waals surface area contributed by atoms with Crippen molar-refractivity contribution in [2.45, 2.75) is 13.8 Å². The first-order valence-corrected chi connectivity index (χ1v) is 41.5. The lowest BCUT2D eigenvalue weighted by Gasteiger charge is -2.27. The highest BCUT2D eigenvalue weighted by molar-refractivity contribution is 6.35. The average molecular weight is 1530 g/mol. The molecule has 564 valence electrons. The molecule has 2 heteroatoms. The first-order chi connectivity index (χ1) is 59.4. The molecule has 0 bridgehead atoms. The van der Waals surface area contributed by atoms with Crippen LogP contribution in [0.2, 0.25) is 0 Å². The van der Waals surface area contributed by atoms with E-state index in [-0.39, 0.29) is 0 Å². The highest BCUT2D eigenvalue weighted by Crippen LogP contribution is 2.54. The standard InChI is InChI=1S/2C59H41N/c1-40-28-32-46(33-29-40)60(47-34-30-44(31-35-47)50-27-15-23-41-20-11-12-24-49(41)50)48-36-37-53-56(38-48)51-25-13-14-26-52(51)58-55(43-18-7-3-8-19-43)39-54(42-16-5-2-6-17-42)57(59(53)58)45-21-9-4-10-22-45;1-40-25-31-48(32-26-40)60(49-33-29-42(30-34-49)47-28-27-41-15-11-12-22-46(41)37-47)50-35-36-53-56(38-50)51-23-13-14-24-52(51)58-55(44-18-7-3-8-19-44)39-54(43-16-5-2-6-17-43)57(59(53)58)45-20-9-4-10-21-45/h2*2-39H,1H3. The molecule has 2 nitrogen and oxygen atoms in total. The lowest BCUT2D eigenvalue weighted by molar-refractivity contribution is 1.28. The number of hydrogen-bond donors (Lipinski definition) is 0. The van der Waals surface area contributed by atoms with Crippen molar-refractivity contribution in [2.24, 2.45) is 0 Å². The molecular formula is C118H82N2. The van der Waals surface area contributed by atoms with Crippen LogP contribution in [0.15, 0.2) is 461 Å². The fraction of sp³-hybridized carbons (Fsp3) is 0.0169. The van der Waals surface area contributed by atoms with E-state index in [9.17, 15) is 0 Å². The summed E-state index contributed by atoms with van der Waals surface area (Å²) in [5.74, 6) is 0. The molecule has 22 aromatic carbocycles. The summed E-state index contributed by atoms with van der Waals surface area (Å²) in [5.41, 5.74) is 28.6. The molecule has 0 amide bonds. The van der Waals surface area contributed by atoms with Crippen LogP contribution in [0.4, 0.5) is 34.1 Å². The highest BCUT2D eigenvalue weighted by atomic mass is 15.1. The number of aryl methyl sites for hydroxylation is 2. The summed E-state index contributed by atoms with van der Waals surface area (Å²) < 4.78 is 0.